The van der Waals surface area contributed by atoms with E-state index in [9.17, 15) is 14.8 Å². The van der Waals surface area contributed by atoms with Crippen molar-refractivity contribution in [3.05, 3.63) is 35.4 Å². The number of fused-ring (bicyclic) bond motifs is 3. The van der Waals surface area contributed by atoms with Crippen LogP contribution in [0, 0.1) is 0 Å². The molecule has 0 heterocycles. The molecule has 208 valence electrons. The van der Waals surface area contributed by atoms with E-state index < -0.39 is 31.3 Å². The molecule has 0 spiro atoms. The lowest BCUT2D eigenvalue weighted by Gasteiger charge is -2.46. The third-order valence-corrected chi connectivity index (χ3v) is 28.5. The average molecular weight is 567 g/mol. The number of rotatable bonds is 13. The first-order chi connectivity index (χ1) is 18.1. The van der Waals surface area contributed by atoms with Crippen molar-refractivity contribution in [2.24, 2.45) is 0 Å². The van der Waals surface area contributed by atoms with Gasteiger partial charge < -0.3 is 10.0 Å². The highest BCUT2D eigenvalue weighted by atomic mass is 28.3. The van der Waals surface area contributed by atoms with Crippen LogP contribution in [0.2, 0.25) is 54.4 Å². The molecule has 3 nitrogen and oxygen atoms in total. The predicted molar refractivity (Wildman–Crippen MR) is 176 cm³/mol. The van der Waals surface area contributed by atoms with Gasteiger partial charge in [0.2, 0.25) is 0 Å². The Morgan fingerprint density at radius 2 is 0.921 bits per heavy atom. The van der Waals surface area contributed by atoms with Crippen molar-refractivity contribution in [2.45, 2.75) is 117 Å². The summed E-state index contributed by atoms with van der Waals surface area (Å²) in [7, 11) is -7.83. The van der Waals surface area contributed by atoms with Crippen molar-refractivity contribution in [2.75, 3.05) is 0 Å². The Morgan fingerprint density at radius 3 is 1.32 bits per heavy atom. The second-order valence-electron chi connectivity index (χ2n) is 11.6. The van der Waals surface area contributed by atoms with E-state index in [4.69, 9.17) is 0 Å². The van der Waals surface area contributed by atoms with Crippen molar-refractivity contribution in [3.8, 4) is 11.1 Å². The molecule has 0 aromatic heterocycles. The average Bonchev–Trinajstić information content (AvgIpc) is 3.24. The summed E-state index contributed by atoms with van der Waals surface area (Å²) in [6.45, 7) is 21.2. The largest absolute Gasteiger partial charge is 0.489 e. The van der Waals surface area contributed by atoms with Crippen LogP contribution < -0.4 is 21.0 Å². The summed E-state index contributed by atoms with van der Waals surface area (Å²) in [5.41, 5.74) is 4.11. The zero-order chi connectivity index (χ0) is 28.5. The molecule has 0 aliphatic heterocycles. The Balaban J connectivity index is 2.89. The summed E-state index contributed by atoms with van der Waals surface area (Å²) in [5, 5.41) is 26.9. The molecular formula is C31H51BO3Si3. The lowest BCUT2D eigenvalue weighted by molar-refractivity contribution is 0.104. The maximum Gasteiger partial charge on any atom is 0.489 e. The van der Waals surface area contributed by atoms with E-state index in [2.05, 4.69) is 68.4 Å². The van der Waals surface area contributed by atoms with Gasteiger partial charge >= 0.3 is 7.12 Å². The maximum absolute atomic E-state index is 14.3. The van der Waals surface area contributed by atoms with Gasteiger partial charge in [0.05, 0.1) is 24.2 Å². The van der Waals surface area contributed by atoms with Crippen LogP contribution in [-0.2, 0) is 0 Å². The first kappa shape index (κ1) is 31.3. The van der Waals surface area contributed by atoms with E-state index >= 15 is 0 Å². The topological polar surface area (TPSA) is 57.5 Å². The van der Waals surface area contributed by atoms with Crippen LogP contribution in [0.5, 0.6) is 0 Å². The fourth-order valence-corrected chi connectivity index (χ4v) is 23.3. The predicted octanol–water partition coefficient (Wildman–Crippen LogP) is 5.72. The fraction of sp³-hybridized carbons (Fsp3) is 0.581. The molecule has 2 N–H and O–H groups in total. The molecule has 2 aromatic carbocycles. The Bertz CT molecular complexity index is 1140. The van der Waals surface area contributed by atoms with Crippen molar-refractivity contribution in [3.63, 3.8) is 0 Å². The molecule has 38 heavy (non-hydrogen) atoms. The van der Waals surface area contributed by atoms with Crippen LogP contribution in [0.25, 0.3) is 11.1 Å². The van der Waals surface area contributed by atoms with Crippen LogP contribution >= 0.6 is 0 Å². The minimum absolute atomic E-state index is 0.00179. The second kappa shape index (κ2) is 12.1. The molecule has 0 saturated carbocycles. The summed E-state index contributed by atoms with van der Waals surface area (Å²) in [6, 6.07) is 18.2. The van der Waals surface area contributed by atoms with Gasteiger partial charge in [-0.15, -0.1) is 0 Å². The number of carbonyl (C=O) groups is 1. The first-order valence-corrected chi connectivity index (χ1v) is 23.2. The van der Waals surface area contributed by atoms with E-state index in [1.165, 1.54) is 5.19 Å². The Morgan fingerprint density at radius 1 is 0.553 bits per heavy atom. The van der Waals surface area contributed by atoms with Crippen molar-refractivity contribution in [1.29, 1.82) is 0 Å². The summed E-state index contributed by atoms with van der Waals surface area (Å²) in [4.78, 5) is 14.3. The molecule has 0 atom stereocenters. The summed E-state index contributed by atoms with van der Waals surface area (Å²) in [6.07, 6.45) is 0. The van der Waals surface area contributed by atoms with E-state index in [0.717, 1.165) is 71.1 Å². The number of carbonyl (C=O) groups excluding carboxylic acids is 1. The monoisotopic (exact) mass is 566 g/mol. The van der Waals surface area contributed by atoms with Gasteiger partial charge in [0.25, 0.3) is 0 Å². The zero-order valence-corrected chi connectivity index (χ0v) is 28.6. The minimum Gasteiger partial charge on any atom is -0.423 e. The van der Waals surface area contributed by atoms with Crippen molar-refractivity contribution in [1.82, 2.24) is 0 Å². The third kappa shape index (κ3) is 4.41. The fourth-order valence-electron chi connectivity index (χ4n) is 8.02. The van der Waals surface area contributed by atoms with Crippen molar-refractivity contribution < 1.29 is 14.8 Å². The van der Waals surface area contributed by atoms with E-state index in [0.29, 0.717) is 11.0 Å². The van der Waals surface area contributed by atoms with Gasteiger partial charge in [0.1, 0.15) is 0 Å². The molecule has 2 aromatic rings. The summed E-state index contributed by atoms with van der Waals surface area (Å²) < 4.78 is 0. The third-order valence-electron chi connectivity index (χ3n) is 11.1. The quantitative estimate of drug-likeness (QED) is 0.260. The molecule has 7 heteroatoms. The molecule has 0 bridgehead atoms. The Labute approximate surface area is 235 Å². The van der Waals surface area contributed by atoms with Gasteiger partial charge in [0.15, 0.2) is 5.78 Å². The lowest BCUT2D eigenvalue weighted by atomic mass is 9.75. The van der Waals surface area contributed by atoms with Gasteiger partial charge in [-0.1, -0.05) is 157 Å². The van der Waals surface area contributed by atoms with Gasteiger partial charge in [0, 0.05) is 11.1 Å². The first-order valence-electron chi connectivity index (χ1n) is 15.4. The number of benzene rings is 2. The van der Waals surface area contributed by atoms with Gasteiger partial charge in [-0.3, -0.25) is 4.79 Å². The number of hydrogen-bond acceptors (Lipinski definition) is 3. The van der Waals surface area contributed by atoms with Crippen LogP contribution in [0.3, 0.4) is 0 Å². The maximum atomic E-state index is 14.3. The number of ketones is 1. The molecule has 1 aliphatic carbocycles. The number of hydrogen-bond donors (Lipinski definition) is 2. The molecule has 1 aliphatic rings. The van der Waals surface area contributed by atoms with E-state index in [1.54, 1.807) is 10.4 Å². The lowest BCUT2D eigenvalue weighted by Crippen LogP contribution is -2.76. The van der Waals surface area contributed by atoms with Crippen LogP contribution in [0.4, 0.5) is 0 Å². The second-order valence-corrected chi connectivity index (χ2v) is 27.1. The molecule has 0 radical (unpaired) electrons. The van der Waals surface area contributed by atoms with Crippen LogP contribution in [0.15, 0.2) is 24.3 Å². The Hall–Kier alpha value is -1.25. The van der Waals surface area contributed by atoms with Crippen molar-refractivity contribution >= 4 is 58.1 Å². The van der Waals surface area contributed by atoms with Crippen LogP contribution in [0.1, 0.15) is 78.2 Å². The van der Waals surface area contributed by atoms with Gasteiger partial charge in [-0.05, 0) is 16.6 Å². The van der Waals surface area contributed by atoms with Gasteiger partial charge in [-0.2, -0.15) is 0 Å². The smallest absolute Gasteiger partial charge is 0.423 e. The standard InChI is InChI=1S/C31H51BO3Si3/c1-10-36(11-2,12-3)29-25-23-21-19-20-22-24(23)28(33)26(25)27(32(34)35)30(37(13-4,14-5)15-6)31(29)38(16-7,17-8)18-9/h19-22,34-35H,10-18H2,1-9H3. The van der Waals surface area contributed by atoms with Gasteiger partial charge in [-0.25, -0.2) is 0 Å². The molecule has 0 amide bonds. The summed E-state index contributed by atoms with van der Waals surface area (Å²) >= 11 is 0. The highest BCUT2D eigenvalue weighted by Gasteiger charge is 2.51. The molecule has 0 unspecified atom stereocenters. The highest BCUT2D eigenvalue weighted by molar-refractivity contribution is 7.08. The molecular weight excluding hydrogens is 515 g/mol. The van der Waals surface area contributed by atoms with Crippen LogP contribution in [-0.4, -0.2) is 47.2 Å². The summed E-state index contributed by atoms with van der Waals surface area (Å²) in [5.74, 6) is 0.00179. The minimum atomic E-state index is -2.14. The van der Waals surface area contributed by atoms with E-state index in [1.807, 2.05) is 18.2 Å². The molecule has 0 saturated heterocycles. The molecule has 3 rings (SSSR count). The normalized spacial score (nSPS) is 13.6. The zero-order valence-electron chi connectivity index (χ0n) is 25.6. The SMILES string of the molecule is CC[Si](CC)(CC)c1c(B(O)O)c2c(c([Si](CC)(CC)CC)c1[Si](CC)(CC)CC)-c1ccccc1C2=O. The van der Waals surface area contributed by atoms with E-state index in [-0.39, 0.29) is 5.78 Å². The highest BCUT2D eigenvalue weighted by Crippen LogP contribution is 2.39. The Kier molecular flexibility index (Phi) is 9.95. The molecule has 0 fully saturated rings.